The number of amides is 2. The second kappa shape index (κ2) is 9.75. The van der Waals surface area contributed by atoms with Crippen molar-refractivity contribution in [3.05, 3.63) is 53.9 Å². The average molecular weight is 463 g/mol. The van der Waals surface area contributed by atoms with Gasteiger partial charge in [0.25, 0.3) is 0 Å². The van der Waals surface area contributed by atoms with E-state index in [9.17, 15) is 14.4 Å². The van der Waals surface area contributed by atoms with Gasteiger partial charge in [-0.2, -0.15) is 0 Å². The number of hydrogen-bond donors (Lipinski definition) is 1. The fourth-order valence-corrected chi connectivity index (χ4v) is 4.32. The zero-order valence-corrected chi connectivity index (χ0v) is 19.8. The molecule has 2 amide bonds. The van der Waals surface area contributed by atoms with Crippen molar-refractivity contribution < 1.29 is 19.1 Å². The second-order valence-corrected chi connectivity index (χ2v) is 9.67. The number of likely N-dealkylation sites (tertiary alicyclic amines) is 1. The number of aromatic nitrogens is 1. The fourth-order valence-electron chi connectivity index (χ4n) is 4.32. The lowest BCUT2D eigenvalue weighted by Crippen LogP contribution is -2.43. The van der Waals surface area contributed by atoms with Gasteiger partial charge in [0.1, 0.15) is 17.2 Å². The number of ketones is 1. The maximum atomic E-state index is 12.8. The van der Waals surface area contributed by atoms with Crippen LogP contribution in [0, 0.1) is 5.92 Å². The van der Waals surface area contributed by atoms with E-state index in [1.165, 1.54) is 0 Å². The van der Waals surface area contributed by atoms with Gasteiger partial charge in [0.05, 0.1) is 13.0 Å². The van der Waals surface area contributed by atoms with Crippen LogP contribution in [0.4, 0.5) is 4.79 Å². The molecule has 0 radical (unpaired) electrons. The molecular weight excluding hydrogens is 432 g/mol. The third kappa shape index (κ3) is 5.50. The standard InChI is InChI=1S/C26H30N4O4/c1-26(2,3)34-25(33)30-13-9-18(10-14-30)21(31)15-22(32)29-24-23-19(16-28-24)5-4-6-20(23)17-7-11-27-12-8-17/h4-8,11-12,18H,9-10,13-16H2,1-3H3,(H,28,29,32). The zero-order valence-electron chi connectivity index (χ0n) is 19.8. The van der Waals surface area contributed by atoms with Crippen molar-refractivity contribution in [1.29, 1.82) is 0 Å². The Balaban J connectivity index is 1.34. The number of piperidine rings is 1. The van der Waals surface area contributed by atoms with Crippen molar-refractivity contribution in [3.8, 4) is 11.1 Å². The van der Waals surface area contributed by atoms with Crippen LogP contribution in [0.1, 0.15) is 51.2 Å². The number of benzene rings is 1. The Labute approximate surface area is 199 Å². The molecule has 34 heavy (non-hydrogen) atoms. The first kappa shape index (κ1) is 23.6. The number of Topliss-reactive ketones (excluding diaryl/α,β-unsaturated/α-hetero) is 1. The first-order valence-electron chi connectivity index (χ1n) is 11.6. The number of ether oxygens (including phenoxy) is 1. The van der Waals surface area contributed by atoms with E-state index in [1.807, 2.05) is 51.1 Å². The summed E-state index contributed by atoms with van der Waals surface area (Å²) in [6, 6.07) is 9.79. The molecule has 0 bridgehead atoms. The predicted octanol–water partition coefficient (Wildman–Crippen LogP) is 3.73. The number of nitrogens with one attached hydrogen (secondary N) is 1. The van der Waals surface area contributed by atoms with Gasteiger partial charge in [0.15, 0.2) is 0 Å². The average Bonchev–Trinajstić information content (AvgIpc) is 3.21. The van der Waals surface area contributed by atoms with Crippen molar-refractivity contribution >= 4 is 23.6 Å². The molecule has 178 valence electrons. The van der Waals surface area contributed by atoms with Crippen molar-refractivity contribution in [2.75, 3.05) is 13.1 Å². The molecule has 8 heteroatoms. The number of rotatable bonds is 4. The minimum Gasteiger partial charge on any atom is -0.444 e. The molecule has 0 spiro atoms. The SMILES string of the molecule is CC(C)(C)OC(=O)N1CCC(C(=O)CC(=O)NC2=NCc3cccc(-c4ccncc4)c32)CC1. The van der Waals surface area contributed by atoms with Crippen LogP contribution >= 0.6 is 0 Å². The van der Waals surface area contributed by atoms with Gasteiger partial charge < -0.3 is 15.0 Å². The topological polar surface area (TPSA) is 101 Å². The summed E-state index contributed by atoms with van der Waals surface area (Å²) in [5, 5.41) is 2.86. The molecule has 1 aromatic carbocycles. The van der Waals surface area contributed by atoms with Gasteiger partial charge in [0, 0.05) is 37.0 Å². The molecule has 3 heterocycles. The molecule has 0 atom stereocenters. The van der Waals surface area contributed by atoms with Gasteiger partial charge in [0.2, 0.25) is 5.91 Å². The van der Waals surface area contributed by atoms with E-state index < -0.39 is 5.60 Å². The van der Waals surface area contributed by atoms with Crippen LogP contribution in [0.2, 0.25) is 0 Å². The molecule has 1 N–H and O–H groups in total. The second-order valence-electron chi connectivity index (χ2n) is 9.67. The Kier molecular flexibility index (Phi) is 6.77. The van der Waals surface area contributed by atoms with Gasteiger partial charge in [-0.05, 0) is 62.4 Å². The predicted molar refractivity (Wildman–Crippen MR) is 128 cm³/mol. The van der Waals surface area contributed by atoms with Gasteiger partial charge in [-0.15, -0.1) is 0 Å². The molecule has 2 aromatic rings. The molecule has 1 aromatic heterocycles. The van der Waals surface area contributed by atoms with Crippen LogP contribution in [0.25, 0.3) is 11.1 Å². The summed E-state index contributed by atoms with van der Waals surface area (Å²) in [6.45, 7) is 6.86. The molecule has 2 aliphatic heterocycles. The number of nitrogens with zero attached hydrogens (tertiary/aromatic N) is 3. The highest BCUT2D eigenvalue weighted by molar-refractivity contribution is 6.16. The van der Waals surface area contributed by atoms with E-state index in [0.29, 0.717) is 38.3 Å². The van der Waals surface area contributed by atoms with Gasteiger partial charge >= 0.3 is 6.09 Å². The summed E-state index contributed by atoms with van der Waals surface area (Å²) < 4.78 is 5.40. The number of pyridine rings is 1. The number of carbonyl (C=O) groups is 3. The Morgan fingerprint density at radius 2 is 1.79 bits per heavy atom. The number of hydrogen-bond acceptors (Lipinski definition) is 6. The Bertz CT molecular complexity index is 1110. The van der Waals surface area contributed by atoms with Crippen molar-refractivity contribution in [2.45, 2.75) is 52.2 Å². The minimum absolute atomic E-state index is 0.109. The summed E-state index contributed by atoms with van der Waals surface area (Å²) in [6.07, 6.45) is 3.95. The normalized spacial score (nSPS) is 16.0. The summed E-state index contributed by atoms with van der Waals surface area (Å²) in [4.78, 5) is 47.9. The first-order chi connectivity index (χ1) is 16.2. The van der Waals surface area contributed by atoms with Gasteiger partial charge in [-0.3, -0.25) is 19.6 Å². The lowest BCUT2D eigenvalue weighted by atomic mass is 9.91. The van der Waals surface area contributed by atoms with E-state index >= 15 is 0 Å². The maximum absolute atomic E-state index is 12.8. The minimum atomic E-state index is -0.555. The number of fused-ring (bicyclic) bond motifs is 1. The third-order valence-corrected chi connectivity index (χ3v) is 5.98. The highest BCUT2D eigenvalue weighted by atomic mass is 16.6. The lowest BCUT2D eigenvalue weighted by molar-refractivity contribution is -0.130. The Morgan fingerprint density at radius 1 is 1.09 bits per heavy atom. The fraction of sp³-hybridized carbons (Fsp3) is 0.423. The monoisotopic (exact) mass is 462 g/mol. The van der Waals surface area contributed by atoms with Crippen LogP contribution in [-0.2, 0) is 20.9 Å². The number of aliphatic imine (C=N–C) groups is 1. The molecule has 0 unspecified atom stereocenters. The van der Waals surface area contributed by atoms with Crippen molar-refractivity contribution in [2.24, 2.45) is 10.9 Å². The summed E-state index contributed by atoms with van der Waals surface area (Å²) >= 11 is 0. The molecule has 1 saturated heterocycles. The van der Waals surface area contributed by atoms with E-state index in [-0.39, 0.29) is 30.1 Å². The number of carbonyl (C=O) groups excluding carboxylic acids is 3. The molecule has 1 fully saturated rings. The van der Waals surface area contributed by atoms with Crippen LogP contribution in [-0.4, -0.2) is 52.2 Å². The van der Waals surface area contributed by atoms with Crippen LogP contribution < -0.4 is 5.32 Å². The van der Waals surface area contributed by atoms with Crippen LogP contribution in [0.3, 0.4) is 0 Å². The molecule has 0 saturated carbocycles. The van der Waals surface area contributed by atoms with Gasteiger partial charge in [-0.25, -0.2) is 4.79 Å². The number of amidine groups is 1. The largest absolute Gasteiger partial charge is 0.444 e. The molecule has 0 aliphatic carbocycles. The first-order valence-corrected chi connectivity index (χ1v) is 11.6. The van der Waals surface area contributed by atoms with Gasteiger partial charge in [-0.1, -0.05) is 18.2 Å². The van der Waals surface area contributed by atoms with Crippen LogP contribution in [0.15, 0.2) is 47.7 Å². The quantitative estimate of drug-likeness (QED) is 0.698. The smallest absolute Gasteiger partial charge is 0.410 e. The lowest BCUT2D eigenvalue weighted by Gasteiger charge is -2.32. The highest BCUT2D eigenvalue weighted by Crippen LogP contribution is 2.30. The van der Waals surface area contributed by atoms with E-state index in [2.05, 4.69) is 15.3 Å². The van der Waals surface area contributed by atoms with E-state index in [4.69, 9.17) is 4.74 Å². The van der Waals surface area contributed by atoms with E-state index in [0.717, 1.165) is 22.3 Å². The highest BCUT2D eigenvalue weighted by Gasteiger charge is 2.31. The van der Waals surface area contributed by atoms with E-state index in [1.54, 1.807) is 17.3 Å². The molecule has 4 rings (SSSR count). The third-order valence-electron chi connectivity index (χ3n) is 5.98. The summed E-state index contributed by atoms with van der Waals surface area (Å²) in [5.74, 6) is -0.215. The molecule has 8 nitrogen and oxygen atoms in total. The maximum Gasteiger partial charge on any atom is 0.410 e. The summed E-state index contributed by atoms with van der Waals surface area (Å²) in [5.41, 5.74) is 3.33. The van der Waals surface area contributed by atoms with Crippen molar-refractivity contribution in [1.82, 2.24) is 15.2 Å². The van der Waals surface area contributed by atoms with Crippen LogP contribution in [0.5, 0.6) is 0 Å². The summed E-state index contributed by atoms with van der Waals surface area (Å²) in [7, 11) is 0. The molecular formula is C26H30N4O4. The Hall–Kier alpha value is -3.55. The zero-order chi connectivity index (χ0) is 24.3. The molecule has 2 aliphatic rings. The van der Waals surface area contributed by atoms with Crippen molar-refractivity contribution in [3.63, 3.8) is 0 Å². The Morgan fingerprint density at radius 3 is 2.47 bits per heavy atom.